The molecule has 0 unspecified atom stereocenters. The lowest BCUT2D eigenvalue weighted by Gasteiger charge is -2.30. The highest BCUT2D eigenvalue weighted by molar-refractivity contribution is 5.43. The molecule has 26 heavy (non-hydrogen) atoms. The number of nitrogens with zero attached hydrogens (tertiary/aromatic N) is 2. The molecule has 0 radical (unpaired) electrons. The molecule has 0 saturated heterocycles. The summed E-state index contributed by atoms with van der Waals surface area (Å²) in [5, 5.41) is 10.8. The van der Waals surface area contributed by atoms with Crippen LogP contribution in [-0.4, -0.2) is 21.7 Å². The van der Waals surface area contributed by atoms with Gasteiger partial charge in [0, 0.05) is 29.6 Å². The second-order valence-electron chi connectivity index (χ2n) is 6.35. The second kappa shape index (κ2) is 7.54. The average Bonchev–Trinajstić information content (AvgIpc) is 2.70. The fraction of sp³-hybridized carbons (Fsp3) is 0.238. The number of aliphatic hydroxyl groups excluding tert-OH is 1. The maximum atomic E-state index is 10.8. The predicted molar refractivity (Wildman–Crippen MR) is 96.9 cm³/mol. The van der Waals surface area contributed by atoms with E-state index in [2.05, 4.69) is 9.97 Å². The Hall–Kier alpha value is -2.92. The predicted octanol–water partition coefficient (Wildman–Crippen LogP) is 3.34. The normalized spacial score (nSPS) is 18.7. The fourth-order valence-electron chi connectivity index (χ4n) is 3.12. The molecular formula is C21H20N2O3. The van der Waals surface area contributed by atoms with E-state index in [4.69, 9.17) is 9.47 Å². The molecule has 1 aromatic carbocycles. The number of hydrogen-bond donors (Lipinski definition) is 1. The summed E-state index contributed by atoms with van der Waals surface area (Å²) in [5.41, 5.74) is 2.57. The molecule has 1 aliphatic heterocycles. The van der Waals surface area contributed by atoms with Crippen LogP contribution < -0.4 is 9.47 Å². The zero-order valence-corrected chi connectivity index (χ0v) is 14.3. The summed E-state index contributed by atoms with van der Waals surface area (Å²) in [5.74, 6) is 1.36. The number of aliphatic hydroxyl groups is 1. The summed E-state index contributed by atoms with van der Waals surface area (Å²) in [4.78, 5) is 8.59. The van der Waals surface area contributed by atoms with E-state index in [0.717, 1.165) is 17.0 Å². The van der Waals surface area contributed by atoms with Crippen molar-refractivity contribution >= 4 is 0 Å². The molecular weight excluding hydrogens is 328 g/mol. The van der Waals surface area contributed by atoms with E-state index < -0.39 is 6.10 Å². The molecule has 0 aliphatic carbocycles. The van der Waals surface area contributed by atoms with Gasteiger partial charge in [-0.05, 0) is 48.9 Å². The third-order valence-electron chi connectivity index (χ3n) is 4.51. The standard InChI is InChI=1S/C21H20N2O3/c24-21-15(11-16-5-1-3-9-22-16)13-26-20-8-7-18(12-19(20)21)25-14-17-6-2-4-10-23-17/h1-10,12,15,21,24H,11,13-14H2/t15-,21+/m0/s1. The van der Waals surface area contributed by atoms with Crippen molar-refractivity contribution in [2.75, 3.05) is 6.61 Å². The number of hydrogen-bond acceptors (Lipinski definition) is 5. The third kappa shape index (κ3) is 3.68. The number of rotatable bonds is 5. The van der Waals surface area contributed by atoms with Crippen molar-refractivity contribution in [1.82, 2.24) is 9.97 Å². The van der Waals surface area contributed by atoms with Crippen LogP contribution in [0.25, 0.3) is 0 Å². The Morgan fingerprint density at radius 3 is 2.50 bits per heavy atom. The first kappa shape index (κ1) is 16.5. The van der Waals surface area contributed by atoms with E-state index in [-0.39, 0.29) is 5.92 Å². The first-order valence-electron chi connectivity index (χ1n) is 8.67. The van der Waals surface area contributed by atoms with E-state index in [1.807, 2.05) is 54.6 Å². The van der Waals surface area contributed by atoms with Gasteiger partial charge in [-0.3, -0.25) is 9.97 Å². The molecule has 5 heteroatoms. The van der Waals surface area contributed by atoms with Crippen LogP contribution in [0.15, 0.2) is 67.0 Å². The smallest absolute Gasteiger partial charge is 0.130 e. The van der Waals surface area contributed by atoms with Gasteiger partial charge in [-0.15, -0.1) is 0 Å². The van der Waals surface area contributed by atoms with E-state index >= 15 is 0 Å². The van der Waals surface area contributed by atoms with Crippen molar-refractivity contribution in [3.05, 3.63) is 83.9 Å². The molecule has 0 saturated carbocycles. The summed E-state index contributed by atoms with van der Waals surface area (Å²) in [6.07, 6.45) is 3.56. The molecule has 132 valence electrons. The highest BCUT2D eigenvalue weighted by Crippen LogP contribution is 2.38. The van der Waals surface area contributed by atoms with Gasteiger partial charge in [-0.1, -0.05) is 12.1 Å². The molecule has 2 aromatic heterocycles. The second-order valence-corrected chi connectivity index (χ2v) is 6.35. The van der Waals surface area contributed by atoms with Gasteiger partial charge in [-0.2, -0.15) is 0 Å². The number of pyridine rings is 2. The van der Waals surface area contributed by atoms with Crippen molar-refractivity contribution in [1.29, 1.82) is 0 Å². The highest BCUT2D eigenvalue weighted by Gasteiger charge is 2.30. The van der Waals surface area contributed by atoms with Crippen LogP contribution in [0.2, 0.25) is 0 Å². The SMILES string of the molecule is O[C@H]1c2cc(OCc3ccccn3)ccc2OC[C@@H]1Cc1ccccn1. The highest BCUT2D eigenvalue weighted by atomic mass is 16.5. The minimum atomic E-state index is -0.612. The topological polar surface area (TPSA) is 64.5 Å². The Labute approximate surface area is 152 Å². The largest absolute Gasteiger partial charge is 0.493 e. The summed E-state index contributed by atoms with van der Waals surface area (Å²) < 4.78 is 11.7. The molecule has 2 atom stereocenters. The monoisotopic (exact) mass is 348 g/mol. The van der Waals surface area contributed by atoms with Crippen LogP contribution in [0, 0.1) is 5.92 Å². The third-order valence-corrected chi connectivity index (χ3v) is 4.51. The maximum Gasteiger partial charge on any atom is 0.130 e. The summed E-state index contributed by atoms with van der Waals surface area (Å²) in [6.45, 7) is 0.854. The summed E-state index contributed by atoms with van der Waals surface area (Å²) in [6, 6.07) is 17.1. The van der Waals surface area contributed by atoms with Crippen LogP contribution in [0.3, 0.4) is 0 Å². The number of benzene rings is 1. The molecule has 0 bridgehead atoms. The Balaban J connectivity index is 1.48. The lowest BCUT2D eigenvalue weighted by Crippen LogP contribution is -2.28. The molecule has 1 N–H and O–H groups in total. The molecule has 1 aliphatic rings. The van der Waals surface area contributed by atoms with Crippen LogP contribution in [0.1, 0.15) is 23.1 Å². The van der Waals surface area contributed by atoms with Gasteiger partial charge in [0.15, 0.2) is 0 Å². The van der Waals surface area contributed by atoms with Gasteiger partial charge in [0.05, 0.1) is 18.4 Å². The first-order valence-corrected chi connectivity index (χ1v) is 8.67. The minimum Gasteiger partial charge on any atom is -0.493 e. The quantitative estimate of drug-likeness (QED) is 0.766. The van der Waals surface area contributed by atoms with Gasteiger partial charge in [0.2, 0.25) is 0 Å². The molecule has 4 rings (SSSR count). The van der Waals surface area contributed by atoms with Gasteiger partial charge in [-0.25, -0.2) is 0 Å². The van der Waals surface area contributed by atoms with E-state index in [0.29, 0.717) is 31.1 Å². The summed E-state index contributed by atoms with van der Waals surface area (Å²) in [7, 11) is 0. The Morgan fingerprint density at radius 1 is 1.00 bits per heavy atom. The van der Waals surface area contributed by atoms with Crippen molar-refractivity contribution in [2.24, 2.45) is 5.92 Å². The van der Waals surface area contributed by atoms with E-state index in [1.165, 1.54) is 0 Å². The van der Waals surface area contributed by atoms with E-state index in [9.17, 15) is 5.11 Å². The van der Waals surface area contributed by atoms with Crippen LogP contribution in [0.4, 0.5) is 0 Å². The molecule has 3 aromatic rings. The Kier molecular flexibility index (Phi) is 4.80. The van der Waals surface area contributed by atoms with Gasteiger partial charge < -0.3 is 14.6 Å². The number of aromatic nitrogens is 2. The zero-order valence-electron chi connectivity index (χ0n) is 14.3. The van der Waals surface area contributed by atoms with Gasteiger partial charge >= 0.3 is 0 Å². The molecule has 5 nitrogen and oxygen atoms in total. The van der Waals surface area contributed by atoms with Crippen molar-refractivity contribution < 1.29 is 14.6 Å². The minimum absolute atomic E-state index is 0.0385. The number of fused-ring (bicyclic) bond motifs is 1. The molecule has 3 heterocycles. The van der Waals surface area contributed by atoms with Crippen LogP contribution in [-0.2, 0) is 13.0 Å². The molecule has 0 fully saturated rings. The molecule has 0 amide bonds. The van der Waals surface area contributed by atoms with Gasteiger partial charge in [0.25, 0.3) is 0 Å². The van der Waals surface area contributed by atoms with Crippen LogP contribution >= 0.6 is 0 Å². The van der Waals surface area contributed by atoms with Crippen molar-refractivity contribution in [3.8, 4) is 11.5 Å². The maximum absolute atomic E-state index is 10.8. The van der Waals surface area contributed by atoms with Crippen molar-refractivity contribution in [3.63, 3.8) is 0 Å². The number of ether oxygens (including phenoxy) is 2. The average molecular weight is 348 g/mol. The Bertz CT molecular complexity index is 856. The lowest BCUT2D eigenvalue weighted by atomic mass is 9.89. The first-order chi connectivity index (χ1) is 12.8. The van der Waals surface area contributed by atoms with E-state index in [1.54, 1.807) is 12.4 Å². The van der Waals surface area contributed by atoms with Gasteiger partial charge in [0.1, 0.15) is 18.1 Å². The summed E-state index contributed by atoms with van der Waals surface area (Å²) >= 11 is 0. The Morgan fingerprint density at radius 2 is 1.77 bits per heavy atom. The lowest BCUT2D eigenvalue weighted by molar-refractivity contribution is 0.0499. The van der Waals surface area contributed by atoms with Crippen LogP contribution in [0.5, 0.6) is 11.5 Å². The fourth-order valence-corrected chi connectivity index (χ4v) is 3.12. The molecule has 0 spiro atoms. The zero-order chi connectivity index (χ0) is 17.8. The van der Waals surface area contributed by atoms with Crippen molar-refractivity contribution in [2.45, 2.75) is 19.1 Å².